The van der Waals surface area contributed by atoms with Gasteiger partial charge < -0.3 is 15.4 Å². The number of methoxy groups -OCH3 is 1. The van der Waals surface area contributed by atoms with E-state index >= 15 is 0 Å². The van der Waals surface area contributed by atoms with Crippen LogP contribution in [0.15, 0.2) is 18.2 Å². The van der Waals surface area contributed by atoms with E-state index in [1.54, 1.807) is 0 Å². The molecule has 1 aromatic carbocycles. The summed E-state index contributed by atoms with van der Waals surface area (Å²) in [5, 5.41) is 16.8. The Labute approximate surface area is 212 Å². The van der Waals surface area contributed by atoms with Crippen molar-refractivity contribution in [3.8, 4) is 5.75 Å². The highest BCUT2D eigenvalue weighted by atomic mass is 35.6. The minimum Gasteiger partial charge on any atom is -0.496 e. The average molecular weight is 525 g/mol. The largest absolute Gasteiger partial charge is 0.496 e. The number of hydrogen-bond acceptors (Lipinski definition) is 5. The molecule has 0 aliphatic heterocycles. The number of nitrogens with one attached hydrogen (secondary N) is 2. The van der Waals surface area contributed by atoms with Crippen molar-refractivity contribution < 1.29 is 14.5 Å². The van der Waals surface area contributed by atoms with Gasteiger partial charge in [-0.2, -0.15) is 0 Å². The van der Waals surface area contributed by atoms with E-state index in [-0.39, 0.29) is 17.3 Å². The summed E-state index contributed by atoms with van der Waals surface area (Å²) in [5.74, 6) is 0.0316. The Balaban J connectivity index is 2.44. The Bertz CT molecular complexity index is 729. The summed E-state index contributed by atoms with van der Waals surface area (Å²) < 4.78 is 3.11. The van der Waals surface area contributed by atoms with Gasteiger partial charge in [0.25, 0.3) is 5.69 Å². The van der Waals surface area contributed by atoms with Gasteiger partial charge in [0.1, 0.15) is 17.6 Å². The number of hydrogen-bond donors (Lipinski definition) is 2. The molecule has 0 radical (unpaired) electrons. The summed E-state index contributed by atoms with van der Waals surface area (Å²) in [4.78, 5) is 23.2. The maximum absolute atomic E-state index is 12.4. The summed E-state index contributed by atoms with van der Waals surface area (Å²) in [7, 11) is 1.41. The van der Waals surface area contributed by atoms with Gasteiger partial charge in [-0.3, -0.25) is 14.9 Å². The molecule has 0 aliphatic rings. The van der Waals surface area contributed by atoms with E-state index in [1.807, 2.05) is 0 Å². The summed E-state index contributed by atoms with van der Waals surface area (Å²) in [6.45, 7) is 2.22. The van der Waals surface area contributed by atoms with Crippen molar-refractivity contribution in [1.82, 2.24) is 5.32 Å². The number of nitro groups is 1. The Morgan fingerprint density at radius 1 is 1.03 bits per heavy atom. The number of alkyl halides is 3. The smallest absolute Gasteiger partial charge is 0.296 e. The van der Waals surface area contributed by atoms with Crippen LogP contribution >= 0.6 is 34.8 Å². The van der Waals surface area contributed by atoms with Crippen LogP contribution in [-0.2, 0) is 4.79 Å². The first-order chi connectivity index (χ1) is 15.7. The van der Waals surface area contributed by atoms with Crippen LogP contribution in [0.4, 0.5) is 11.4 Å². The first-order valence-corrected chi connectivity index (χ1v) is 12.8. The van der Waals surface area contributed by atoms with E-state index < -0.39 is 14.9 Å². The highest BCUT2D eigenvalue weighted by molar-refractivity contribution is 6.68. The van der Waals surface area contributed by atoms with Crippen molar-refractivity contribution in [1.29, 1.82) is 0 Å². The second-order valence-corrected chi connectivity index (χ2v) is 10.5. The molecule has 0 unspecified atom stereocenters. The molecule has 188 valence electrons. The molecule has 10 heteroatoms. The van der Waals surface area contributed by atoms with Crippen molar-refractivity contribution in [2.75, 3.05) is 12.4 Å². The molecule has 1 rings (SSSR count). The minimum absolute atomic E-state index is 0.104. The van der Waals surface area contributed by atoms with Crippen LogP contribution in [-0.4, -0.2) is 27.9 Å². The fourth-order valence-corrected chi connectivity index (χ4v) is 3.78. The molecule has 1 aromatic rings. The number of nitrogens with zero attached hydrogens (tertiary/aromatic N) is 1. The normalized spacial score (nSPS) is 12.3. The van der Waals surface area contributed by atoms with Gasteiger partial charge in [0.15, 0.2) is 0 Å². The van der Waals surface area contributed by atoms with Gasteiger partial charge in [0.05, 0.1) is 18.1 Å². The molecule has 0 fully saturated rings. The first-order valence-electron chi connectivity index (χ1n) is 11.6. The predicted octanol–water partition coefficient (Wildman–Crippen LogP) is 7.53. The zero-order valence-corrected chi connectivity index (χ0v) is 21.8. The molecular weight excluding hydrogens is 489 g/mol. The molecule has 1 atom stereocenters. The van der Waals surface area contributed by atoms with Crippen molar-refractivity contribution >= 4 is 52.1 Å². The van der Waals surface area contributed by atoms with Crippen LogP contribution in [0.5, 0.6) is 5.75 Å². The van der Waals surface area contributed by atoms with Gasteiger partial charge in [-0.25, -0.2) is 0 Å². The van der Waals surface area contributed by atoms with Crippen molar-refractivity contribution in [2.45, 2.75) is 93.9 Å². The molecule has 7 nitrogen and oxygen atoms in total. The lowest BCUT2D eigenvalue weighted by molar-refractivity contribution is -0.384. The lowest BCUT2D eigenvalue weighted by atomic mass is 10.1. The number of amides is 1. The third-order valence-electron chi connectivity index (χ3n) is 5.34. The SMILES string of the molecule is CCCCCCCCCCCCCC(=O)N[C@H](Nc1ccc(OC)cc1[N+](=O)[O-])C(Cl)(Cl)Cl. The maximum atomic E-state index is 12.4. The number of carbonyl (C=O) groups excluding carboxylic acids is 1. The van der Waals surface area contributed by atoms with Gasteiger partial charge in [-0.1, -0.05) is 106 Å². The van der Waals surface area contributed by atoms with Gasteiger partial charge in [0.2, 0.25) is 9.70 Å². The molecule has 2 N–H and O–H groups in total. The summed E-state index contributed by atoms with van der Waals surface area (Å²) >= 11 is 18.0. The topological polar surface area (TPSA) is 93.5 Å². The monoisotopic (exact) mass is 523 g/mol. The molecule has 0 aromatic heterocycles. The fourth-order valence-electron chi connectivity index (χ4n) is 3.45. The van der Waals surface area contributed by atoms with Gasteiger partial charge in [0, 0.05) is 6.42 Å². The van der Waals surface area contributed by atoms with Gasteiger partial charge >= 0.3 is 0 Å². The number of ether oxygens (including phenoxy) is 1. The summed E-state index contributed by atoms with van der Waals surface area (Å²) in [6.07, 6.45) is 12.2. The summed E-state index contributed by atoms with van der Waals surface area (Å²) in [5.41, 5.74) is -0.152. The van der Waals surface area contributed by atoms with Crippen LogP contribution in [0.3, 0.4) is 0 Å². The van der Waals surface area contributed by atoms with Crippen molar-refractivity contribution in [3.05, 3.63) is 28.3 Å². The van der Waals surface area contributed by atoms with Crippen LogP contribution in [0.2, 0.25) is 0 Å². The zero-order valence-electron chi connectivity index (χ0n) is 19.5. The second kappa shape index (κ2) is 16.2. The number of unbranched alkanes of at least 4 members (excludes halogenated alkanes) is 10. The molecular formula is C23H36Cl3N3O4. The lowest BCUT2D eigenvalue weighted by Gasteiger charge is -2.27. The predicted molar refractivity (Wildman–Crippen MR) is 137 cm³/mol. The number of halogens is 3. The maximum Gasteiger partial charge on any atom is 0.296 e. The van der Waals surface area contributed by atoms with Crippen LogP contribution in [0.25, 0.3) is 0 Å². The quantitative estimate of drug-likeness (QED) is 0.0722. The highest BCUT2D eigenvalue weighted by Gasteiger charge is 2.35. The molecule has 0 spiro atoms. The Morgan fingerprint density at radius 3 is 2.06 bits per heavy atom. The molecule has 0 saturated carbocycles. The Morgan fingerprint density at radius 2 is 1.58 bits per heavy atom. The number of benzene rings is 1. The molecule has 0 heterocycles. The van der Waals surface area contributed by atoms with E-state index in [1.165, 1.54) is 76.7 Å². The first kappa shape index (κ1) is 29.6. The van der Waals surface area contributed by atoms with Gasteiger partial charge in [-0.05, 0) is 18.6 Å². The number of carbonyl (C=O) groups is 1. The highest BCUT2D eigenvalue weighted by Crippen LogP contribution is 2.35. The zero-order chi connectivity index (χ0) is 24.7. The third kappa shape index (κ3) is 12.6. The van der Waals surface area contributed by atoms with Crippen LogP contribution < -0.4 is 15.4 Å². The average Bonchev–Trinajstić information content (AvgIpc) is 2.76. The van der Waals surface area contributed by atoms with Crippen LogP contribution in [0.1, 0.15) is 84.0 Å². The van der Waals surface area contributed by atoms with E-state index in [9.17, 15) is 14.9 Å². The number of nitro benzene ring substituents is 1. The van der Waals surface area contributed by atoms with E-state index in [4.69, 9.17) is 39.5 Å². The second-order valence-electron chi connectivity index (χ2n) is 8.11. The van der Waals surface area contributed by atoms with E-state index in [0.29, 0.717) is 12.2 Å². The lowest BCUT2D eigenvalue weighted by Crippen LogP contribution is -2.49. The molecule has 0 bridgehead atoms. The molecule has 0 saturated heterocycles. The van der Waals surface area contributed by atoms with E-state index in [2.05, 4.69) is 17.6 Å². The Hall–Kier alpha value is -1.44. The Kier molecular flexibility index (Phi) is 14.6. The third-order valence-corrected chi connectivity index (χ3v) is 6.00. The standard InChI is InChI=1S/C23H36Cl3N3O4/c1-3-4-5-6-7-8-9-10-11-12-13-14-21(30)28-22(23(24,25)26)27-19-16-15-18(33-2)17-20(19)29(31)32/h15-17,22,27H,3-14H2,1-2H3,(H,28,30)/t22-/m0/s1. The van der Waals surface area contributed by atoms with Gasteiger partial charge in [-0.15, -0.1) is 0 Å². The van der Waals surface area contributed by atoms with Crippen molar-refractivity contribution in [2.24, 2.45) is 0 Å². The van der Waals surface area contributed by atoms with Crippen molar-refractivity contribution in [3.63, 3.8) is 0 Å². The fraction of sp³-hybridized carbons (Fsp3) is 0.696. The number of rotatable bonds is 17. The summed E-state index contributed by atoms with van der Waals surface area (Å²) in [6, 6.07) is 4.24. The minimum atomic E-state index is -1.92. The van der Waals surface area contributed by atoms with E-state index in [0.717, 1.165) is 19.3 Å². The molecule has 33 heavy (non-hydrogen) atoms. The van der Waals surface area contributed by atoms with Crippen LogP contribution in [0, 0.1) is 10.1 Å². The number of anilines is 1. The molecule has 0 aliphatic carbocycles. The molecule has 1 amide bonds.